The van der Waals surface area contributed by atoms with Crippen molar-refractivity contribution in [3.05, 3.63) is 0 Å². The maximum atomic E-state index is 13.4. The molecule has 868 valence electrons. The third-order valence-electron chi connectivity index (χ3n) is 27.6. The first-order valence-corrected chi connectivity index (χ1v) is 47.7. The Hall–Kier alpha value is -4.93. The molecule has 67 nitrogen and oxygen atoms in total. The van der Waals surface area contributed by atoms with Crippen molar-refractivity contribution >= 4 is 29.6 Å². The predicted octanol–water partition coefficient (Wildman–Crippen LogP) is -26.3. The van der Waals surface area contributed by atoms with Crippen LogP contribution in [0, 0.1) is 0 Å². The number of aliphatic carboxylic acids is 1. The number of aliphatic hydroxyl groups excluding tert-OH is 34. The van der Waals surface area contributed by atoms with Gasteiger partial charge in [0.25, 0.3) is 5.79 Å². The Morgan fingerprint density at radius 1 is 0.287 bits per heavy atom. The summed E-state index contributed by atoms with van der Waals surface area (Å²) in [6.07, 6.45) is -124. The average molecular weight is 2200 g/mol. The van der Waals surface area contributed by atoms with E-state index in [2.05, 4.69) is 21.3 Å². The number of carbonyl (C=O) groups excluding carboxylic acids is 4. The van der Waals surface area contributed by atoms with Crippen molar-refractivity contribution in [3.8, 4) is 0 Å². The van der Waals surface area contributed by atoms with E-state index in [9.17, 15) is 203 Å². The van der Waals surface area contributed by atoms with E-state index in [-0.39, 0.29) is 0 Å². The van der Waals surface area contributed by atoms with Gasteiger partial charge < -0.3 is 309 Å². The topological polar surface area (TPSA) is 1050 Å². The molecule has 0 aliphatic carbocycles. The second-order valence-electron chi connectivity index (χ2n) is 38.1. The smallest absolute Gasteiger partial charge is 0.364 e. The summed E-state index contributed by atoms with van der Waals surface area (Å²) in [7, 11) is 0. The molecule has 0 radical (unpaired) electrons. The molecular weight excluding hydrogens is 2060 g/mol. The monoisotopic (exact) mass is 2200 g/mol. The lowest BCUT2D eigenvalue weighted by atomic mass is 9.90. The lowest BCUT2D eigenvalue weighted by Gasteiger charge is -2.51. The minimum atomic E-state index is -3.13. The first-order chi connectivity index (χ1) is 70.8. The van der Waals surface area contributed by atoms with Gasteiger partial charge in [0.15, 0.2) is 69.2 Å². The number of carboxylic acids is 1. The van der Waals surface area contributed by atoms with E-state index in [4.69, 9.17) is 109 Å². The van der Waals surface area contributed by atoms with Gasteiger partial charge in [0, 0.05) is 34.1 Å². The highest BCUT2D eigenvalue weighted by Crippen LogP contribution is 2.44. The molecule has 12 aliphatic rings. The van der Waals surface area contributed by atoms with Gasteiger partial charge >= 0.3 is 5.97 Å². The van der Waals surface area contributed by atoms with Crippen LogP contribution in [-0.2, 0) is 133 Å². The van der Waals surface area contributed by atoms with Gasteiger partial charge in [-0.15, -0.1) is 0 Å². The van der Waals surface area contributed by atoms with Gasteiger partial charge in [0.1, 0.15) is 287 Å². The van der Waals surface area contributed by atoms with Crippen molar-refractivity contribution in [3.63, 3.8) is 0 Å². The summed E-state index contributed by atoms with van der Waals surface area (Å²) >= 11 is 0. The Bertz CT molecular complexity index is 4230. The van der Waals surface area contributed by atoms with Crippen LogP contribution in [0.25, 0.3) is 0 Å². The van der Waals surface area contributed by atoms with Crippen LogP contribution in [-0.4, -0.2) is 655 Å². The Morgan fingerprint density at radius 2 is 0.587 bits per heavy atom. The number of rotatable bonds is 40. The van der Waals surface area contributed by atoms with E-state index in [0.717, 1.165) is 27.7 Å². The molecule has 0 unspecified atom stereocenters. The summed E-state index contributed by atoms with van der Waals surface area (Å²) in [5.41, 5.74) is 0. The zero-order valence-corrected chi connectivity index (χ0v) is 80.2. The van der Waals surface area contributed by atoms with Gasteiger partial charge in [-0.25, -0.2) is 4.79 Å². The lowest BCUT2D eigenvalue weighted by Crippen LogP contribution is -2.71. The van der Waals surface area contributed by atoms with Gasteiger partial charge in [0.05, 0.1) is 84.9 Å². The molecule has 12 rings (SSSR count). The van der Waals surface area contributed by atoms with Crippen molar-refractivity contribution in [2.45, 2.75) is 415 Å². The normalized spacial score (nSPS) is 49.3. The summed E-state index contributed by atoms with van der Waals surface area (Å²) in [5, 5.41) is 401. The summed E-state index contributed by atoms with van der Waals surface area (Å²) in [6.45, 7) is -8.41. The quantitative estimate of drug-likeness (QED) is 0.0271. The molecule has 0 aromatic carbocycles. The summed E-state index contributed by atoms with van der Waals surface area (Å²) < 4.78 is 136. The SMILES string of the molecule is CC(=O)N[C@@H]1[C@H](O[C@@H]2[C@@H](O[C@@H]3[C@H](O)[C@H](O[C@H]4[C@H](O)[C@@H](NC(C)=O)[C@H](O[C@H]5[C@H](O)[C@@H](NC(C)=O)[C@H](O)O[C@@H]5CO[C@@H]5O[C@@H](C)[C@@H](O)[C@@H](O)[C@@H]5O)O[C@@H]4CO)O[C@H](CO[C@H]4O[C@H](CO)[C@@H](O)[C@H](O)[C@@H]4O[C@@H]4O[C@H](CO)[C@@H](O[C@@H]5O[C@H](CO)[C@H](O)[C@H](O[C@H]6O[C@H](CO)[C@H](O)[C@H](O)[C@H]6O)[C@H]5O)[C@H](O)[C@H]4NC(C)=O)[C@H]3O)O[C@H](CO)[C@@H](O)[C@@H]2O)O[C@H](CO)[C@@H](O[C@@H]2O[C@H](CO[C@]3(C(=O)O)C[C@H](O)[C@@H](O)[C@H]([C@H](O)[C@H](O)CO)O3)[C@H](O)[C@H](O)[C@H]2O)[C@@H]1O. The van der Waals surface area contributed by atoms with Crippen molar-refractivity contribution in [2.75, 3.05) is 72.7 Å². The fourth-order valence-electron chi connectivity index (χ4n) is 19.3. The summed E-state index contributed by atoms with van der Waals surface area (Å²) in [5.74, 6) is -9.29. The number of hydrogen-bond donors (Lipinski definition) is 39. The van der Waals surface area contributed by atoms with Crippen LogP contribution in [0.3, 0.4) is 0 Å². The molecule has 12 saturated heterocycles. The van der Waals surface area contributed by atoms with E-state index in [1.54, 1.807) is 0 Å². The fourth-order valence-corrected chi connectivity index (χ4v) is 19.3. The molecule has 61 atom stereocenters. The highest BCUT2D eigenvalue weighted by Gasteiger charge is 2.65. The molecule has 12 aliphatic heterocycles. The van der Waals surface area contributed by atoms with Crippen molar-refractivity contribution in [1.29, 1.82) is 0 Å². The van der Waals surface area contributed by atoms with Gasteiger partial charge in [0.2, 0.25) is 23.6 Å². The Balaban J connectivity index is 0.852. The second kappa shape index (κ2) is 53.4. The van der Waals surface area contributed by atoms with Crippen molar-refractivity contribution in [2.24, 2.45) is 0 Å². The lowest BCUT2D eigenvalue weighted by molar-refractivity contribution is -0.399. The molecule has 150 heavy (non-hydrogen) atoms. The number of aliphatic hydroxyl groups is 34. The Morgan fingerprint density at radius 3 is 1.01 bits per heavy atom. The van der Waals surface area contributed by atoms with E-state index in [1.165, 1.54) is 6.92 Å². The standard InChI is InChI=1S/C83H138N4O63/c1-18-39(102)52(115)57(120)75(131-18)128-16-34-65(48(111)35(71(125)132-34)84-19(2)96)142-72-36(85-20(3)97)49(112)64(30(13-94)137-72)145-79-61(124)67(47(110)32(140-79)15-129-80-69(55(118)43(106)26(9-90)135-80)148-73-37(86-21(4)98)51(114)63(31(14-95)138-73)144-78-60(123)66(46(109)28(11-92)134-78)146-76-58(121)53(116)42(105)25(8-89)133-76)147-81-70(56(119)44(107)27(10-91)136-81)149-74-38(87-22(5)99)50(113)62(29(12-93)139-74)143-77-59(122)54(117)45(108)33(141-77)17-130-83(82(126)127)6-23(100)40(103)68(150-83)41(104)24(101)7-88/h18,23-81,88-95,100-125H,6-17H2,1-5H3,(H,84,96)(H,85,97)(H,86,98)(H,87,99)(H,126,127)/t18-,23-,24+,25+,26+,27+,28+,29+,30+,31+,32+,33+,34+,35+,36+,37+,38-,39+,40+,41+,42-,43+,44+,45-,46-,47+,48+,49+,50+,51+,52+,53-,54-,55-,56-,57-,58+,59+,60+,61-,62+,63+,64+,65+,66-,67-,68+,69-,70-,71+,72-,73-,74-,75+,76+,77-,78-,79-,80-,81+,83+/m0/s1. The highest BCUT2D eigenvalue weighted by atomic mass is 16.8. The summed E-state index contributed by atoms with van der Waals surface area (Å²) in [4.78, 5) is 65.4. The Labute approximate surface area is 847 Å². The zero-order chi connectivity index (χ0) is 111. The predicted molar refractivity (Wildman–Crippen MR) is 457 cm³/mol. The molecule has 12 fully saturated rings. The number of carbonyl (C=O) groups is 5. The van der Waals surface area contributed by atoms with Crippen LogP contribution in [0.15, 0.2) is 0 Å². The molecule has 12 heterocycles. The van der Waals surface area contributed by atoms with E-state index in [0.29, 0.717) is 0 Å². The van der Waals surface area contributed by atoms with Gasteiger partial charge in [-0.05, 0) is 6.92 Å². The second-order valence-corrected chi connectivity index (χ2v) is 38.1. The Kier molecular flexibility index (Phi) is 44.0. The van der Waals surface area contributed by atoms with E-state index >= 15 is 0 Å². The number of carboxylic acid groups (broad SMARTS) is 1. The third-order valence-corrected chi connectivity index (χ3v) is 27.6. The molecule has 4 amide bonds. The number of hydrogen-bond acceptors (Lipinski definition) is 62. The van der Waals surface area contributed by atoms with Crippen LogP contribution in [0.1, 0.15) is 41.0 Å². The van der Waals surface area contributed by atoms with Gasteiger partial charge in [-0.2, -0.15) is 0 Å². The average Bonchev–Trinajstić information content (AvgIpc) is 0.765. The molecule has 0 aromatic heterocycles. The number of nitrogens with one attached hydrogen (secondary N) is 4. The minimum absolute atomic E-state index is 0.838. The first-order valence-electron chi connectivity index (χ1n) is 47.7. The minimum Gasteiger partial charge on any atom is -0.477 e. The van der Waals surface area contributed by atoms with E-state index < -0.39 is 483 Å². The molecule has 0 aromatic rings. The van der Waals surface area contributed by atoms with Crippen molar-refractivity contribution in [1.82, 2.24) is 21.3 Å². The zero-order valence-electron chi connectivity index (χ0n) is 80.2. The third kappa shape index (κ3) is 27.0. The van der Waals surface area contributed by atoms with Crippen LogP contribution in [0.2, 0.25) is 0 Å². The van der Waals surface area contributed by atoms with Gasteiger partial charge in [-0.3, -0.25) is 19.2 Å². The first kappa shape index (κ1) is 124. The van der Waals surface area contributed by atoms with E-state index in [1.807, 2.05) is 0 Å². The number of ether oxygens (including phenoxy) is 23. The molecule has 0 bridgehead atoms. The largest absolute Gasteiger partial charge is 0.477 e. The van der Waals surface area contributed by atoms with Crippen LogP contribution < -0.4 is 21.3 Å². The molecular formula is C83H138N4O63. The molecule has 39 N–H and O–H groups in total. The number of amides is 4. The maximum Gasteiger partial charge on any atom is 0.364 e. The van der Waals surface area contributed by atoms with Crippen molar-refractivity contribution < 1.29 is 312 Å². The molecule has 67 heteroatoms. The van der Waals surface area contributed by atoms with Crippen LogP contribution >= 0.6 is 0 Å². The summed E-state index contributed by atoms with van der Waals surface area (Å²) in [6, 6.07) is -8.17. The molecule has 0 spiro atoms. The van der Waals surface area contributed by atoms with Gasteiger partial charge in [-0.1, -0.05) is 0 Å². The highest BCUT2D eigenvalue weighted by molar-refractivity contribution is 5.76. The van der Waals surface area contributed by atoms with Crippen LogP contribution in [0.4, 0.5) is 0 Å². The fraction of sp³-hybridized carbons (Fsp3) is 0.940. The molecule has 0 saturated carbocycles. The van der Waals surface area contributed by atoms with Crippen LogP contribution in [0.5, 0.6) is 0 Å². The maximum absolute atomic E-state index is 13.4.